The van der Waals surface area contributed by atoms with E-state index in [0.29, 0.717) is 6.04 Å². The van der Waals surface area contributed by atoms with Crippen molar-refractivity contribution in [3.8, 4) is 11.5 Å². The summed E-state index contributed by atoms with van der Waals surface area (Å²) in [6.45, 7) is 6.63. The molecule has 0 bridgehead atoms. The van der Waals surface area contributed by atoms with Gasteiger partial charge in [-0.1, -0.05) is 6.07 Å². The number of nitrogens with zero attached hydrogens (tertiary/aromatic N) is 1. The molecular formula is C23H35NO5. The quantitative estimate of drug-likeness (QED) is 0.531. The van der Waals surface area contributed by atoms with Crippen LogP contribution in [0, 0.1) is 5.41 Å². The van der Waals surface area contributed by atoms with Crippen molar-refractivity contribution in [3.05, 3.63) is 23.8 Å². The van der Waals surface area contributed by atoms with Gasteiger partial charge < -0.3 is 23.8 Å². The molecule has 29 heavy (non-hydrogen) atoms. The lowest BCUT2D eigenvalue weighted by atomic mass is 9.65. The summed E-state index contributed by atoms with van der Waals surface area (Å²) in [7, 11) is 5.54. The number of likely N-dealkylation sites (N-methyl/N-ethyl adjacent to an activating group) is 1. The van der Waals surface area contributed by atoms with Crippen LogP contribution >= 0.6 is 0 Å². The molecule has 1 aliphatic carbocycles. The first kappa shape index (κ1) is 21.9. The molecule has 1 saturated carbocycles. The van der Waals surface area contributed by atoms with Gasteiger partial charge in [-0.05, 0) is 77.7 Å². The highest BCUT2D eigenvalue weighted by Gasteiger charge is 2.50. The zero-order valence-electron chi connectivity index (χ0n) is 18.6. The van der Waals surface area contributed by atoms with Gasteiger partial charge in [0.15, 0.2) is 18.3 Å². The SMILES string of the molecule is COc1ccc([C@@]23CC[C@H](OCOC(=O)C(C)(C)C)C[C@@H]2N(C)CC3)cc1OC. The van der Waals surface area contributed by atoms with Gasteiger partial charge in [-0.2, -0.15) is 0 Å². The Hall–Kier alpha value is -1.79. The summed E-state index contributed by atoms with van der Waals surface area (Å²) >= 11 is 0. The Kier molecular flexibility index (Phi) is 6.44. The maximum atomic E-state index is 12.0. The molecule has 1 aromatic carbocycles. The van der Waals surface area contributed by atoms with Gasteiger partial charge in [-0.3, -0.25) is 4.79 Å². The van der Waals surface area contributed by atoms with E-state index in [9.17, 15) is 4.79 Å². The van der Waals surface area contributed by atoms with E-state index in [-0.39, 0.29) is 24.3 Å². The standard InChI is InChI=1S/C23H35NO5/c1-22(2,3)21(25)29-15-28-17-9-10-23(11-12-24(4)20(23)14-17)16-7-8-18(26-5)19(13-16)27-6/h7-8,13,17,20H,9-12,14-15H2,1-6H3/t17-,20-,23-/m0/s1. The Morgan fingerprint density at radius 2 is 1.90 bits per heavy atom. The minimum Gasteiger partial charge on any atom is -0.493 e. The average Bonchev–Trinajstić information content (AvgIpc) is 3.04. The van der Waals surface area contributed by atoms with Crippen molar-refractivity contribution in [1.82, 2.24) is 4.90 Å². The topological polar surface area (TPSA) is 57.2 Å². The molecule has 2 fully saturated rings. The monoisotopic (exact) mass is 405 g/mol. The largest absolute Gasteiger partial charge is 0.493 e. The fraction of sp³-hybridized carbons (Fsp3) is 0.696. The van der Waals surface area contributed by atoms with E-state index in [0.717, 1.165) is 43.7 Å². The van der Waals surface area contributed by atoms with Crippen molar-refractivity contribution in [2.45, 2.75) is 64.0 Å². The number of hydrogen-bond acceptors (Lipinski definition) is 6. The maximum absolute atomic E-state index is 12.0. The van der Waals surface area contributed by atoms with E-state index >= 15 is 0 Å². The molecule has 0 N–H and O–H groups in total. The summed E-state index contributed by atoms with van der Waals surface area (Å²) in [5.74, 6) is 1.30. The number of esters is 1. The Balaban J connectivity index is 1.70. The predicted molar refractivity (Wildman–Crippen MR) is 111 cm³/mol. The van der Waals surface area contributed by atoms with Crippen LogP contribution < -0.4 is 9.47 Å². The lowest BCUT2D eigenvalue weighted by Gasteiger charge is -2.44. The third kappa shape index (κ3) is 4.38. The fourth-order valence-corrected chi connectivity index (χ4v) is 4.78. The molecule has 162 valence electrons. The van der Waals surface area contributed by atoms with Crippen LogP contribution in [0.5, 0.6) is 11.5 Å². The molecule has 0 unspecified atom stereocenters. The third-order valence-corrected chi connectivity index (χ3v) is 6.54. The summed E-state index contributed by atoms with van der Waals surface area (Å²) < 4.78 is 22.2. The molecule has 6 heteroatoms. The molecule has 1 heterocycles. The molecule has 1 aromatic rings. The van der Waals surface area contributed by atoms with Crippen molar-refractivity contribution >= 4 is 5.97 Å². The van der Waals surface area contributed by atoms with Gasteiger partial charge in [0.2, 0.25) is 0 Å². The summed E-state index contributed by atoms with van der Waals surface area (Å²) in [6.07, 6.45) is 4.13. The van der Waals surface area contributed by atoms with Crippen LogP contribution in [0.4, 0.5) is 0 Å². The first-order chi connectivity index (χ1) is 13.7. The van der Waals surface area contributed by atoms with E-state index in [1.165, 1.54) is 5.56 Å². The highest BCUT2D eigenvalue weighted by atomic mass is 16.7. The lowest BCUT2D eigenvalue weighted by molar-refractivity contribution is -0.172. The highest BCUT2D eigenvalue weighted by molar-refractivity contribution is 5.75. The van der Waals surface area contributed by atoms with Crippen LogP contribution in [0.25, 0.3) is 0 Å². The molecule has 0 radical (unpaired) electrons. The van der Waals surface area contributed by atoms with Gasteiger partial charge in [0.1, 0.15) is 0 Å². The van der Waals surface area contributed by atoms with Crippen LogP contribution in [0.3, 0.4) is 0 Å². The lowest BCUT2D eigenvalue weighted by Crippen LogP contribution is -2.48. The minimum absolute atomic E-state index is 0.0283. The number of hydrogen-bond donors (Lipinski definition) is 0. The van der Waals surface area contributed by atoms with E-state index in [1.54, 1.807) is 14.2 Å². The number of fused-ring (bicyclic) bond motifs is 1. The predicted octanol–water partition coefficient (Wildman–Crippen LogP) is 3.76. The normalized spacial score (nSPS) is 27.4. The van der Waals surface area contributed by atoms with E-state index in [1.807, 2.05) is 26.8 Å². The van der Waals surface area contributed by atoms with Gasteiger partial charge >= 0.3 is 5.97 Å². The van der Waals surface area contributed by atoms with Crippen LogP contribution in [0.15, 0.2) is 18.2 Å². The number of methoxy groups -OCH3 is 2. The van der Waals surface area contributed by atoms with Crippen molar-refractivity contribution in [3.63, 3.8) is 0 Å². The number of rotatable bonds is 6. The first-order valence-corrected chi connectivity index (χ1v) is 10.4. The van der Waals surface area contributed by atoms with Gasteiger partial charge in [0.25, 0.3) is 0 Å². The van der Waals surface area contributed by atoms with E-state index < -0.39 is 5.41 Å². The van der Waals surface area contributed by atoms with Gasteiger partial charge in [-0.25, -0.2) is 0 Å². The van der Waals surface area contributed by atoms with E-state index in [4.69, 9.17) is 18.9 Å². The van der Waals surface area contributed by atoms with Gasteiger partial charge in [0.05, 0.1) is 25.7 Å². The van der Waals surface area contributed by atoms with Crippen LogP contribution in [0.1, 0.15) is 52.0 Å². The van der Waals surface area contributed by atoms with Gasteiger partial charge in [-0.15, -0.1) is 0 Å². The number of benzene rings is 1. The minimum atomic E-state index is -0.510. The number of carbonyl (C=O) groups excluding carboxylic acids is 1. The zero-order chi connectivity index (χ0) is 21.2. The second-order valence-corrected chi connectivity index (χ2v) is 9.34. The number of ether oxygens (including phenoxy) is 4. The highest BCUT2D eigenvalue weighted by Crippen LogP contribution is 2.50. The number of likely N-dealkylation sites (tertiary alicyclic amines) is 1. The summed E-state index contributed by atoms with van der Waals surface area (Å²) in [4.78, 5) is 14.4. The molecule has 1 saturated heterocycles. The summed E-state index contributed by atoms with van der Waals surface area (Å²) in [6, 6.07) is 6.71. The van der Waals surface area contributed by atoms with Crippen molar-refractivity contribution < 1.29 is 23.7 Å². The average molecular weight is 406 g/mol. The molecule has 6 nitrogen and oxygen atoms in total. The summed E-state index contributed by atoms with van der Waals surface area (Å²) in [5.41, 5.74) is 0.891. The number of carbonyl (C=O) groups is 1. The van der Waals surface area contributed by atoms with Gasteiger partial charge in [0, 0.05) is 11.5 Å². The Bertz CT molecular complexity index is 728. The maximum Gasteiger partial charge on any atom is 0.313 e. The molecule has 2 aliphatic rings. The molecular weight excluding hydrogens is 370 g/mol. The molecule has 3 rings (SSSR count). The fourth-order valence-electron chi connectivity index (χ4n) is 4.78. The first-order valence-electron chi connectivity index (χ1n) is 10.4. The summed E-state index contributed by atoms with van der Waals surface area (Å²) in [5, 5.41) is 0. The van der Waals surface area contributed by atoms with Crippen LogP contribution in [0.2, 0.25) is 0 Å². The van der Waals surface area contributed by atoms with Crippen molar-refractivity contribution in [2.75, 3.05) is 34.6 Å². The van der Waals surface area contributed by atoms with Crippen molar-refractivity contribution in [1.29, 1.82) is 0 Å². The Morgan fingerprint density at radius 3 is 2.55 bits per heavy atom. The molecule has 1 aliphatic heterocycles. The van der Waals surface area contributed by atoms with Crippen LogP contribution in [-0.4, -0.2) is 57.6 Å². The molecule has 0 spiro atoms. The third-order valence-electron chi connectivity index (χ3n) is 6.54. The second kappa shape index (κ2) is 8.52. The van der Waals surface area contributed by atoms with Crippen molar-refractivity contribution in [2.24, 2.45) is 5.41 Å². The smallest absolute Gasteiger partial charge is 0.313 e. The molecule has 0 aromatic heterocycles. The van der Waals surface area contributed by atoms with E-state index in [2.05, 4.69) is 24.1 Å². The second-order valence-electron chi connectivity index (χ2n) is 9.34. The molecule has 3 atom stereocenters. The molecule has 0 amide bonds. The zero-order valence-corrected chi connectivity index (χ0v) is 18.6. The van der Waals surface area contributed by atoms with Crippen LogP contribution in [-0.2, 0) is 19.7 Å². The Labute approximate surface area is 174 Å². The Morgan fingerprint density at radius 1 is 1.17 bits per heavy atom.